The molecule has 1 N–H and O–H groups in total. The standard InChI is InChI=1S/C9H10BrFO.CH4/c1-6-4-7(2-3-12)5-8(11)9(6)10;/h4-5,12H,2-3H2,1H3;1H4. The Balaban J connectivity index is 0.00000144. The Morgan fingerprint density at radius 2 is 2.08 bits per heavy atom. The Labute approximate surface area is 86.7 Å². The van der Waals surface area contributed by atoms with E-state index in [0.29, 0.717) is 10.9 Å². The first-order chi connectivity index (χ1) is 5.65. The fourth-order valence-electron chi connectivity index (χ4n) is 1.07. The van der Waals surface area contributed by atoms with Crippen LogP contribution < -0.4 is 0 Å². The number of aryl methyl sites for hydroxylation is 1. The summed E-state index contributed by atoms with van der Waals surface area (Å²) in [5.74, 6) is -0.265. The quantitative estimate of drug-likeness (QED) is 0.853. The van der Waals surface area contributed by atoms with Gasteiger partial charge >= 0.3 is 0 Å². The molecule has 0 heterocycles. The molecular formula is C10H14BrFO. The average Bonchev–Trinajstić information content (AvgIpc) is 2.01. The van der Waals surface area contributed by atoms with Crippen LogP contribution in [0.4, 0.5) is 4.39 Å². The molecule has 0 saturated carbocycles. The summed E-state index contributed by atoms with van der Waals surface area (Å²) in [5, 5.41) is 8.64. The van der Waals surface area contributed by atoms with E-state index in [1.54, 1.807) is 0 Å². The lowest BCUT2D eigenvalue weighted by molar-refractivity contribution is 0.299. The van der Waals surface area contributed by atoms with Crippen LogP contribution in [-0.2, 0) is 6.42 Å². The van der Waals surface area contributed by atoms with E-state index in [2.05, 4.69) is 15.9 Å². The van der Waals surface area contributed by atoms with Crippen LogP contribution in [0.2, 0.25) is 0 Å². The van der Waals surface area contributed by atoms with E-state index in [1.165, 1.54) is 6.07 Å². The SMILES string of the molecule is C.Cc1cc(CCO)cc(F)c1Br. The third-order valence-electron chi connectivity index (χ3n) is 1.67. The molecular weight excluding hydrogens is 235 g/mol. The summed E-state index contributed by atoms with van der Waals surface area (Å²) >= 11 is 3.13. The van der Waals surface area contributed by atoms with E-state index < -0.39 is 0 Å². The molecule has 0 fully saturated rings. The van der Waals surface area contributed by atoms with Crippen LogP contribution in [-0.4, -0.2) is 11.7 Å². The first-order valence-corrected chi connectivity index (χ1v) is 4.50. The minimum Gasteiger partial charge on any atom is -0.396 e. The molecule has 0 amide bonds. The predicted octanol–water partition coefficient (Wildman–Crippen LogP) is 3.07. The van der Waals surface area contributed by atoms with Crippen molar-refractivity contribution < 1.29 is 9.50 Å². The highest BCUT2D eigenvalue weighted by atomic mass is 79.9. The van der Waals surface area contributed by atoms with Gasteiger partial charge < -0.3 is 5.11 Å². The lowest BCUT2D eigenvalue weighted by Gasteiger charge is -2.03. The highest BCUT2D eigenvalue weighted by Crippen LogP contribution is 2.21. The maximum Gasteiger partial charge on any atom is 0.137 e. The smallest absolute Gasteiger partial charge is 0.137 e. The van der Waals surface area contributed by atoms with Crippen molar-refractivity contribution in [1.82, 2.24) is 0 Å². The van der Waals surface area contributed by atoms with Gasteiger partial charge in [-0.05, 0) is 46.5 Å². The first kappa shape index (κ1) is 12.6. The molecule has 1 aromatic rings. The van der Waals surface area contributed by atoms with Crippen molar-refractivity contribution in [2.45, 2.75) is 20.8 Å². The van der Waals surface area contributed by atoms with Gasteiger partial charge in [-0.15, -0.1) is 0 Å². The molecule has 3 heteroatoms. The molecule has 0 aliphatic rings. The van der Waals surface area contributed by atoms with Gasteiger partial charge in [0, 0.05) is 6.61 Å². The van der Waals surface area contributed by atoms with E-state index >= 15 is 0 Å². The number of aliphatic hydroxyl groups excluding tert-OH is 1. The topological polar surface area (TPSA) is 20.2 Å². The molecule has 0 aliphatic carbocycles. The van der Waals surface area contributed by atoms with Gasteiger partial charge in [0.15, 0.2) is 0 Å². The largest absolute Gasteiger partial charge is 0.396 e. The van der Waals surface area contributed by atoms with Crippen molar-refractivity contribution in [1.29, 1.82) is 0 Å². The van der Waals surface area contributed by atoms with Gasteiger partial charge in [-0.25, -0.2) is 4.39 Å². The number of halogens is 2. The first-order valence-electron chi connectivity index (χ1n) is 3.70. The maximum absolute atomic E-state index is 13.0. The number of aliphatic hydroxyl groups is 1. The molecule has 0 bridgehead atoms. The van der Waals surface area contributed by atoms with Gasteiger partial charge in [0.05, 0.1) is 4.47 Å². The Morgan fingerprint density at radius 1 is 1.46 bits per heavy atom. The molecule has 0 atom stereocenters. The van der Waals surface area contributed by atoms with E-state index in [-0.39, 0.29) is 19.9 Å². The molecule has 1 nitrogen and oxygen atoms in total. The van der Waals surface area contributed by atoms with E-state index in [4.69, 9.17) is 5.11 Å². The highest BCUT2D eigenvalue weighted by Gasteiger charge is 2.04. The highest BCUT2D eigenvalue weighted by molar-refractivity contribution is 9.10. The number of rotatable bonds is 2. The van der Waals surface area contributed by atoms with Crippen LogP contribution in [0, 0.1) is 12.7 Å². The molecule has 1 aromatic carbocycles. The van der Waals surface area contributed by atoms with Crippen LogP contribution >= 0.6 is 15.9 Å². The Kier molecular flexibility index (Phi) is 5.18. The normalized spacial score (nSPS) is 9.54. The van der Waals surface area contributed by atoms with Gasteiger partial charge in [-0.1, -0.05) is 13.5 Å². The van der Waals surface area contributed by atoms with Gasteiger partial charge in [-0.3, -0.25) is 0 Å². The summed E-state index contributed by atoms with van der Waals surface area (Å²) in [7, 11) is 0. The molecule has 74 valence electrons. The zero-order valence-electron chi connectivity index (χ0n) is 6.77. The van der Waals surface area contributed by atoms with Crippen molar-refractivity contribution in [2.75, 3.05) is 6.61 Å². The van der Waals surface area contributed by atoms with Crippen LogP contribution in [0.5, 0.6) is 0 Å². The molecule has 0 aromatic heterocycles. The van der Waals surface area contributed by atoms with Crippen LogP contribution in [0.1, 0.15) is 18.6 Å². The fraction of sp³-hybridized carbons (Fsp3) is 0.400. The monoisotopic (exact) mass is 248 g/mol. The molecule has 13 heavy (non-hydrogen) atoms. The van der Waals surface area contributed by atoms with Crippen LogP contribution in [0.3, 0.4) is 0 Å². The second-order valence-corrected chi connectivity index (χ2v) is 3.48. The van der Waals surface area contributed by atoms with Crippen molar-refractivity contribution in [3.63, 3.8) is 0 Å². The zero-order chi connectivity index (χ0) is 9.14. The number of benzene rings is 1. The Bertz CT molecular complexity index is 263. The molecule has 0 spiro atoms. The minimum absolute atomic E-state index is 0. The van der Waals surface area contributed by atoms with Crippen molar-refractivity contribution in [2.24, 2.45) is 0 Å². The van der Waals surface area contributed by atoms with Gasteiger partial charge in [-0.2, -0.15) is 0 Å². The Hall–Kier alpha value is -0.410. The van der Waals surface area contributed by atoms with Crippen molar-refractivity contribution in [3.05, 3.63) is 33.5 Å². The van der Waals surface area contributed by atoms with Crippen molar-refractivity contribution >= 4 is 15.9 Å². The third kappa shape index (κ3) is 3.08. The second kappa shape index (κ2) is 5.35. The third-order valence-corrected chi connectivity index (χ3v) is 2.67. The number of hydrogen-bond donors (Lipinski definition) is 1. The van der Waals surface area contributed by atoms with Gasteiger partial charge in [0.1, 0.15) is 5.82 Å². The molecule has 0 unspecified atom stereocenters. The zero-order valence-corrected chi connectivity index (χ0v) is 8.36. The van der Waals surface area contributed by atoms with E-state index in [0.717, 1.165) is 11.1 Å². The average molecular weight is 249 g/mol. The summed E-state index contributed by atoms with van der Waals surface area (Å²) in [4.78, 5) is 0. The number of hydrogen-bond acceptors (Lipinski definition) is 1. The van der Waals surface area contributed by atoms with Gasteiger partial charge in [0.25, 0.3) is 0 Å². The van der Waals surface area contributed by atoms with Crippen molar-refractivity contribution in [3.8, 4) is 0 Å². The molecule has 1 rings (SSSR count). The fourth-order valence-corrected chi connectivity index (χ4v) is 1.30. The summed E-state index contributed by atoms with van der Waals surface area (Å²) in [6.07, 6.45) is 0.505. The lowest BCUT2D eigenvalue weighted by Crippen LogP contribution is -1.93. The summed E-state index contributed by atoms with van der Waals surface area (Å²) < 4.78 is 13.5. The summed E-state index contributed by atoms with van der Waals surface area (Å²) in [5.41, 5.74) is 1.69. The van der Waals surface area contributed by atoms with Crippen LogP contribution in [0.25, 0.3) is 0 Å². The van der Waals surface area contributed by atoms with Gasteiger partial charge in [0.2, 0.25) is 0 Å². The summed E-state index contributed by atoms with van der Waals surface area (Å²) in [6.45, 7) is 1.88. The molecule has 0 aliphatic heterocycles. The lowest BCUT2D eigenvalue weighted by atomic mass is 10.1. The van der Waals surface area contributed by atoms with Crippen LogP contribution in [0.15, 0.2) is 16.6 Å². The predicted molar refractivity (Wildman–Crippen MR) is 56.4 cm³/mol. The molecule has 0 saturated heterocycles. The summed E-state index contributed by atoms with van der Waals surface area (Å²) in [6, 6.07) is 3.30. The van der Waals surface area contributed by atoms with E-state index in [1.807, 2.05) is 13.0 Å². The molecule has 0 radical (unpaired) electrons. The maximum atomic E-state index is 13.0. The van der Waals surface area contributed by atoms with E-state index in [9.17, 15) is 4.39 Å². The second-order valence-electron chi connectivity index (χ2n) is 2.68. The Morgan fingerprint density at radius 3 is 2.54 bits per heavy atom. The minimum atomic E-state index is -0.265.